The van der Waals surface area contributed by atoms with Gasteiger partial charge in [0.2, 0.25) is 0 Å². The summed E-state index contributed by atoms with van der Waals surface area (Å²) < 4.78 is 5.93. The highest BCUT2D eigenvalue weighted by molar-refractivity contribution is 9.10. The average Bonchev–Trinajstić information content (AvgIpc) is 2.60. The molecule has 0 heterocycles. The van der Waals surface area contributed by atoms with E-state index >= 15 is 0 Å². The molecule has 24 heavy (non-hydrogen) atoms. The Kier molecular flexibility index (Phi) is 6.16. The minimum atomic E-state index is -0.402. The Bertz CT molecular complexity index is 795. The summed E-state index contributed by atoms with van der Waals surface area (Å²) in [4.78, 5) is 12.3. The fraction of sp³-hybridized carbons (Fsp3) is 0.158. The lowest BCUT2D eigenvalue weighted by Gasteiger charge is -2.13. The number of rotatable bonds is 5. The molecule has 2 aromatic rings. The molecule has 0 spiro atoms. The number of methoxy groups -OCH3 is 1. The summed E-state index contributed by atoms with van der Waals surface area (Å²) in [7, 11) is 1.58. The van der Waals surface area contributed by atoms with Crippen molar-refractivity contribution in [1.29, 1.82) is 5.26 Å². The van der Waals surface area contributed by atoms with E-state index in [9.17, 15) is 10.1 Å². The van der Waals surface area contributed by atoms with Gasteiger partial charge in [0.05, 0.1) is 17.6 Å². The van der Waals surface area contributed by atoms with Crippen molar-refractivity contribution in [2.45, 2.75) is 13.0 Å². The summed E-state index contributed by atoms with van der Waals surface area (Å²) in [5.41, 5.74) is 1.77. The molecule has 0 aliphatic heterocycles. The summed E-state index contributed by atoms with van der Waals surface area (Å²) >= 11 is 3.39. The molecule has 0 aliphatic carbocycles. The first-order chi connectivity index (χ1) is 11.5. The van der Waals surface area contributed by atoms with Crippen molar-refractivity contribution in [3.8, 4) is 11.8 Å². The molecule has 0 saturated carbocycles. The molecule has 2 rings (SSSR count). The fourth-order valence-corrected chi connectivity index (χ4v) is 2.75. The molecular formula is C19H17BrN2O2. The largest absolute Gasteiger partial charge is 0.496 e. The van der Waals surface area contributed by atoms with Gasteiger partial charge < -0.3 is 10.1 Å². The predicted molar refractivity (Wildman–Crippen MR) is 97.3 cm³/mol. The molecule has 1 N–H and O–H groups in total. The van der Waals surface area contributed by atoms with E-state index in [1.165, 1.54) is 0 Å². The predicted octanol–water partition coefficient (Wildman–Crippen LogP) is 4.24. The molecule has 0 fully saturated rings. The fourth-order valence-electron chi connectivity index (χ4n) is 2.19. The number of hydrogen-bond acceptors (Lipinski definition) is 3. The van der Waals surface area contributed by atoms with Crippen molar-refractivity contribution in [2.75, 3.05) is 7.11 Å². The maximum absolute atomic E-state index is 12.3. The van der Waals surface area contributed by atoms with Crippen LogP contribution in [0.4, 0.5) is 0 Å². The number of nitrogens with zero attached hydrogens (tertiary/aromatic N) is 1. The van der Waals surface area contributed by atoms with E-state index in [1.807, 2.05) is 43.3 Å². The van der Waals surface area contributed by atoms with Crippen molar-refractivity contribution < 1.29 is 9.53 Å². The Morgan fingerprint density at radius 3 is 2.58 bits per heavy atom. The Labute approximate surface area is 149 Å². The minimum Gasteiger partial charge on any atom is -0.496 e. The van der Waals surface area contributed by atoms with Crippen LogP contribution in [0.2, 0.25) is 0 Å². The SMILES string of the molecule is COc1ccc(/C=C(\C#N)C(=O)N[C@H](C)c2ccccc2)cc1Br. The maximum Gasteiger partial charge on any atom is 0.262 e. The highest BCUT2D eigenvalue weighted by atomic mass is 79.9. The van der Waals surface area contributed by atoms with Gasteiger partial charge in [0.15, 0.2) is 0 Å². The normalized spacial score (nSPS) is 12.2. The third kappa shape index (κ3) is 4.46. The van der Waals surface area contributed by atoms with Crippen LogP contribution < -0.4 is 10.1 Å². The number of carbonyl (C=O) groups excluding carboxylic acids is 1. The minimum absolute atomic E-state index is 0.0508. The van der Waals surface area contributed by atoms with Crippen LogP contribution in [-0.2, 0) is 4.79 Å². The second-order valence-electron chi connectivity index (χ2n) is 5.17. The van der Waals surface area contributed by atoms with Gasteiger partial charge in [-0.15, -0.1) is 0 Å². The van der Waals surface area contributed by atoms with Crippen molar-refractivity contribution in [3.63, 3.8) is 0 Å². The molecule has 122 valence electrons. The Morgan fingerprint density at radius 2 is 2.00 bits per heavy atom. The van der Waals surface area contributed by atoms with E-state index in [1.54, 1.807) is 31.4 Å². The second kappa shape index (κ2) is 8.32. The highest BCUT2D eigenvalue weighted by Gasteiger charge is 2.14. The smallest absolute Gasteiger partial charge is 0.262 e. The van der Waals surface area contributed by atoms with Gasteiger partial charge >= 0.3 is 0 Å². The lowest BCUT2D eigenvalue weighted by molar-refractivity contribution is -0.117. The Hall–Kier alpha value is -2.58. The molecule has 4 nitrogen and oxygen atoms in total. The second-order valence-corrected chi connectivity index (χ2v) is 6.02. The third-order valence-corrected chi connectivity index (χ3v) is 4.12. The lowest BCUT2D eigenvalue weighted by Crippen LogP contribution is -2.27. The molecule has 0 unspecified atom stereocenters. The molecule has 0 bridgehead atoms. The van der Waals surface area contributed by atoms with Crippen molar-refractivity contribution in [3.05, 3.63) is 69.7 Å². The number of hydrogen-bond donors (Lipinski definition) is 1. The van der Waals surface area contributed by atoms with E-state index in [0.717, 1.165) is 15.6 Å². The summed E-state index contributed by atoms with van der Waals surface area (Å²) in [6.45, 7) is 1.88. The molecule has 1 atom stereocenters. The van der Waals surface area contributed by atoms with E-state index in [0.29, 0.717) is 5.75 Å². The maximum atomic E-state index is 12.3. The number of carbonyl (C=O) groups is 1. The summed E-state index contributed by atoms with van der Waals surface area (Å²) in [5.74, 6) is 0.286. The van der Waals surface area contributed by atoms with Crippen molar-refractivity contribution in [2.24, 2.45) is 0 Å². The lowest BCUT2D eigenvalue weighted by atomic mass is 10.1. The third-order valence-electron chi connectivity index (χ3n) is 3.50. The van der Waals surface area contributed by atoms with Crippen LogP contribution in [0, 0.1) is 11.3 Å². The number of ether oxygens (including phenoxy) is 1. The zero-order valence-corrected chi connectivity index (χ0v) is 15.0. The molecule has 1 amide bonds. The summed E-state index contributed by atoms with van der Waals surface area (Å²) in [5, 5.41) is 12.1. The molecule has 2 aromatic carbocycles. The van der Waals surface area contributed by atoms with Gasteiger partial charge in [0.25, 0.3) is 5.91 Å². The van der Waals surface area contributed by atoms with Crippen molar-refractivity contribution >= 4 is 27.9 Å². The van der Waals surface area contributed by atoms with Gasteiger partial charge in [-0.05, 0) is 52.2 Å². The van der Waals surface area contributed by atoms with Crippen LogP contribution >= 0.6 is 15.9 Å². The van der Waals surface area contributed by atoms with Gasteiger partial charge in [-0.2, -0.15) is 5.26 Å². The van der Waals surface area contributed by atoms with E-state index in [4.69, 9.17) is 4.74 Å². The van der Waals surface area contributed by atoms with Crippen LogP contribution in [0.15, 0.2) is 58.6 Å². The molecule has 0 radical (unpaired) electrons. The van der Waals surface area contributed by atoms with Crippen LogP contribution in [0.1, 0.15) is 24.1 Å². The monoisotopic (exact) mass is 384 g/mol. The summed E-state index contributed by atoms with van der Waals surface area (Å²) in [6, 6.07) is 16.7. The standard InChI is InChI=1S/C19H17BrN2O2/c1-13(15-6-4-3-5-7-15)22-19(23)16(12-21)10-14-8-9-18(24-2)17(20)11-14/h3-11,13H,1-2H3,(H,22,23)/b16-10+/t13-/m1/s1. The van der Waals surface area contributed by atoms with Gasteiger partial charge in [-0.25, -0.2) is 0 Å². The van der Waals surface area contributed by atoms with Crippen LogP contribution in [-0.4, -0.2) is 13.0 Å². The molecule has 0 aliphatic rings. The van der Waals surface area contributed by atoms with Gasteiger partial charge in [-0.1, -0.05) is 36.4 Å². The molecule has 0 aromatic heterocycles. The number of halogens is 1. The molecule has 5 heteroatoms. The zero-order chi connectivity index (χ0) is 17.5. The van der Waals surface area contributed by atoms with E-state index in [-0.39, 0.29) is 11.6 Å². The summed E-state index contributed by atoms with van der Waals surface area (Å²) in [6.07, 6.45) is 1.55. The first-order valence-electron chi connectivity index (χ1n) is 7.36. The number of amides is 1. The Morgan fingerprint density at radius 1 is 1.29 bits per heavy atom. The molecular weight excluding hydrogens is 368 g/mol. The van der Waals surface area contributed by atoms with Gasteiger partial charge in [-0.3, -0.25) is 4.79 Å². The quantitative estimate of drug-likeness (QED) is 0.619. The Balaban J connectivity index is 2.17. The number of nitriles is 1. The van der Waals surface area contributed by atoms with Gasteiger partial charge in [0, 0.05) is 0 Å². The topological polar surface area (TPSA) is 62.1 Å². The van der Waals surface area contributed by atoms with E-state index < -0.39 is 5.91 Å². The van der Waals surface area contributed by atoms with Crippen LogP contribution in [0.3, 0.4) is 0 Å². The first-order valence-corrected chi connectivity index (χ1v) is 8.15. The average molecular weight is 385 g/mol. The number of nitrogens with one attached hydrogen (secondary N) is 1. The molecule has 0 saturated heterocycles. The van der Waals surface area contributed by atoms with Crippen LogP contribution in [0.25, 0.3) is 6.08 Å². The van der Waals surface area contributed by atoms with E-state index in [2.05, 4.69) is 21.2 Å². The van der Waals surface area contributed by atoms with Crippen molar-refractivity contribution in [1.82, 2.24) is 5.32 Å². The zero-order valence-electron chi connectivity index (χ0n) is 13.4. The number of benzene rings is 2. The van der Waals surface area contributed by atoms with Gasteiger partial charge in [0.1, 0.15) is 17.4 Å². The first kappa shape index (κ1) is 17.8. The highest BCUT2D eigenvalue weighted by Crippen LogP contribution is 2.26. The van der Waals surface area contributed by atoms with Crippen LogP contribution in [0.5, 0.6) is 5.75 Å².